The first-order valence-corrected chi connectivity index (χ1v) is 8.76. The summed E-state index contributed by atoms with van der Waals surface area (Å²) >= 11 is 0. The zero-order valence-corrected chi connectivity index (χ0v) is 14.8. The van der Waals surface area contributed by atoms with Crippen LogP contribution in [-0.4, -0.2) is 51.5 Å². The lowest BCUT2D eigenvalue weighted by Gasteiger charge is -2.60. The van der Waals surface area contributed by atoms with Gasteiger partial charge in [-0.25, -0.2) is 0 Å². The second-order valence-electron chi connectivity index (χ2n) is 8.48. The molecular weight excluding hydrogens is 324 g/mol. The van der Waals surface area contributed by atoms with Gasteiger partial charge in [0.1, 0.15) is 6.10 Å². The molecule has 0 aromatic rings. The van der Waals surface area contributed by atoms with Gasteiger partial charge in [-0.2, -0.15) is 0 Å². The van der Waals surface area contributed by atoms with Gasteiger partial charge >= 0.3 is 5.97 Å². The number of fused-ring (bicyclic) bond motifs is 6. The molecular formula is C19H24O6. The summed E-state index contributed by atoms with van der Waals surface area (Å²) in [5.74, 6) is -2.36. The summed E-state index contributed by atoms with van der Waals surface area (Å²) in [6, 6.07) is 0. The topological polar surface area (TPSA) is 104 Å². The van der Waals surface area contributed by atoms with Crippen molar-refractivity contribution in [3.8, 4) is 0 Å². The second kappa shape index (κ2) is 4.81. The molecule has 0 unspecified atom stereocenters. The molecule has 6 nitrogen and oxygen atoms in total. The van der Waals surface area contributed by atoms with E-state index < -0.39 is 53.1 Å². The number of hydrogen-bond acceptors (Lipinski definition) is 6. The average molecular weight is 348 g/mol. The summed E-state index contributed by atoms with van der Waals surface area (Å²) in [5, 5.41) is 32.2. The number of allylic oxidation sites excluding steroid dienone is 2. The van der Waals surface area contributed by atoms with Gasteiger partial charge in [-0.15, -0.1) is 0 Å². The molecule has 1 saturated heterocycles. The molecule has 136 valence electrons. The average Bonchev–Trinajstić information content (AvgIpc) is 2.78. The molecule has 2 fully saturated rings. The van der Waals surface area contributed by atoms with Crippen molar-refractivity contribution >= 4 is 11.8 Å². The van der Waals surface area contributed by atoms with Crippen molar-refractivity contribution in [2.75, 3.05) is 0 Å². The number of ketones is 1. The molecule has 4 rings (SSSR count). The van der Waals surface area contributed by atoms with Crippen LogP contribution in [-0.2, 0) is 14.3 Å². The summed E-state index contributed by atoms with van der Waals surface area (Å²) in [6.07, 6.45) is -1.05. The van der Waals surface area contributed by atoms with E-state index in [9.17, 15) is 24.9 Å². The minimum absolute atomic E-state index is 0.227. The Morgan fingerprint density at radius 1 is 1.12 bits per heavy atom. The Balaban J connectivity index is 2.00. The van der Waals surface area contributed by atoms with Gasteiger partial charge in [0, 0.05) is 17.3 Å². The second-order valence-corrected chi connectivity index (χ2v) is 8.48. The lowest BCUT2D eigenvalue weighted by Crippen LogP contribution is -2.67. The number of ether oxygens (including phenoxy) is 1. The Hall–Kier alpha value is -1.50. The molecule has 1 heterocycles. The fourth-order valence-corrected chi connectivity index (χ4v) is 6.20. The highest BCUT2D eigenvalue weighted by molar-refractivity contribution is 6.01. The standard InChI is InChI=1S/C19H24O6/c1-7-5-10(20)16(23)18(3)9(7)6-11(21)19(4)12-8(2)14(25-17(12)24)13(22)15(18)19/h5-6,8,10,12-16,20,22-23H,1-4H3/t8-,10+,12+,13+,14+,15-,16+,18+,19-/m1/s1. The fraction of sp³-hybridized carbons (Fsp3) is 0.684. The normalized spacial score (nSPS) is 54.3. The van der Waals surface area contributed by atoms with E-state index in [0.29, 0.717) is 11.1 Å². The summed E-state index contributed by atoms with van der Waals surface area (Å²) < 4.78 is 5.41. The Kier molecular flexibility index (Phi) is 3.26. The van der Waals surface area contributed by atoms with E-state index in [2.05, 4.69) is 0 Å². The minimum Gasteiger partial charge on any atom is -0.459 e. The van der Waals surface area contributed by atoms with Crippen molar-refractivity contribution in [1.29, 1.82) is 0 Å². The number of esters is 1. The van der Waals surface area contributed by atoms with Crippen molar-refractivity contribution < 1.29 is 29.6 Å². The molecule has 0 radical (unpaired) electrons. The van der Waals surface area contributed by atoms with E-state index in [0.717, 1.165) is 0 Å². The maximum absolute atomic E-state index is 13.1. The van der Waals surface area contributed by atoms with E-state index in [1.165, 1.54) is 12.2 Å². The maximum atomic E-state index is 13.1. The SMILES string of the molecule is CC1=C[C@H](O)[C@H](O)[C@@]2(C)C1=CC(=O)[C@@]1(C)[C@@H]2[C@@H](O)[C@H]2OC(=O)[C@@H]1[C@H]2C. The first-order chi connectivity index (χ1) is 11.6. The smallest absolute Gasteiger partial charge is 0.310 e. The highest BCUT2D eigenvalue weighted by Crippen LogP contribution is 2.65. The van der Waals surface area contributed by atoms with Gasteiger partial charge in [0.05, 0.1) is 29.6 Å². The quantitative estimate of drug-likeness (QED) is 0.546. The number of aliphatic hydroxyl groups excluding tert-OH is 3. The number of aliphatic hydroxyl groups is 3. The van der Waals surface area contributed by atoms with E-state index in [1.807, 2.05) is 6.92 Å². The van der Waals surface area contributed by atoms with E-state index in [4.69, 9.17) is 4.74 Å². The molecule has 1 saturated carbocycles. The number of carbonyl (C=O) groups excluding carboxylic acids is 2. The molecule has 4 aliphatic rings. The lowest BCUT2D eigenvalue weighted by molar-refractivity contribution is -0.183. The third kappa shape index (κ3) is 1.70. The number of rotatable bonds is 0. The van der Waals surface area contributed by atoms with Gasteiger partial charge < -0.3 is 20.1 Å². The molecule has 0 amide bonds. The van der Waals surface area contributed by atoms with Gasteiger partial charge in [0.25, 0.3) is 0 Å². The highest BCUT2D eigenvalue weighted by atomic mass is 16.6. The van der Waals surface area contributed by atoms with E-state index >= 15 is 0 Å². The van der Waals surface area contributed by atoms with Crippen LogP contribution in [0.4, 0.5) is 0 Å². The Bertz CT molecular complexity index is 738. The van der Waals surface area contributed by atoms with Crippen LogP contribution < -0.4 is 0 Å². The van der Waals surface area contributed by atoms with Crippen molar-refractivity contribution in [3.05, 3.63) is 23.3 Å². The van der Waals surface area contributed by atoms with Gasteiger partial charge in [-0.3, -0.25) is 9.59 Å². The van der Waals surface area contributed by atoms with Crippen LogP contribution in [0.5, 0.6) is 0 Å². The zero-order chi connectivity index (χ0) is 18.5. The first kappa shape index (κ1) is 16.9. The molecule has 0 aromatic carbocycles. The Morgan fingerprint density at radius 2 is 1.76 bits per heavy atom. The van der Waals surface area contributed by atoms with Crippen molar-refractivity contribution in [1.82, 2.24) is 0 Å². The minimum atomic E-state index is -1.18. The largest absolute Gasteiger partial charge is 0.459 e. The first-order valence-electron chi connectivity index (χ1n) is 8.76. The van der Waals surface area contributed by atoms with Crippen LogP contribution in [0.1, 0.15) is 27.7 Å². The zero-order valence-electron chi connectivity index (χ0n) is 14.8. The Morgan fingerprint density at radius 3 is 2.40 bits per heavy atom. The molecule has 2 bridgehead atoms. The Labute approximate surface area is 146 Å². The molecule has 1 aliphatic heterocycles. The molecule has 25 heavy (non-hydrogen) atoms. The van der Waals surface area contributed by atoms with E-state index in [-0.39, 0.29) is 11.7 Å². The van der Waals surface area contributed by atoms with Gasteiger partial charge in [-0.1, -0.05) is 26.8 Å². The van der Waals surface area contributed by atoms with Gasteiger partial charge in [-0.05, 0) is 24.1 Å². The van der Waals surface area contributed by atoms with Crippen LogP contribution in [0.2, 0.25) is 0 Å². The van der Waals surface area contributed by atoms with Crippen LogP contribution >= 0.6 is 0 Å². The molecule has 3 aliphatic carbocycles. The van der Waals surface area contributed by atoms with E-state index in [1.54, 1.807) is 20.8 Å². The summed E-state index contributed by atoms with van der Waals surface area (Å²) in [6.45, 7) is 7.06. The molecule has 3 N–H and O–H groups in total. The monoisotopic (exact) mass is 348 g/mol. The summed E-state index contributed by atoms with van der Waals surface area (Å²) in [7, 11) is 0. The number of hydrogen-bond donors (Lipinski definition) is 3. The predicted molar refractivity (Wildman–Crippen MR) is 87.1 cm³/mol. The van der Waals surface area contributed by atoms with Crippen molar-refractivity contribution in [3.63, 3.8) is 0 Å². The van der Waals surface area contributed by atoms with Crippen molar-refractivity contribution in [2.24, 2.45) is 28.6 Å². The predicted octanol–water partition coefficient (Wildman–Crippen LogP) is 0.358. The molecule has 9 atom stereocenters. The summed E-state index contributed by atoms with van der Waals surface area (Å²) in [5.41, 5.74) is -0.899. The number of carbonyl (C=O) groups is 2. The van der Waals surface area contributed by atoms with Crippen molar-refractivity contribution in [2.45, 2.75) is 52.1 Å². The third-order valence-corrected chi connectivity index (χ3v) is 7.34. The lowest BCUT2D eigenvalue weighted by atomic mass is 9.42. The van der Waals surface area contributed by atoms with Crippen LogP contribution in [0.25, 0.3) is 0 Å². The van der Waals surface area contributed by atoms with Gasteiger partial charge in [0.15, 0.2) is 5.78 Å². The third-order valence-electron chi connectivity index (χ3n) is 7.34. The molecule has 0 aromatic heterocycles. The van der Waals surface area contributed by atoms with Crippen LogP contribution in [0, 0.1) is 28.6 Å². The molecule has 6 heteroatoms. The highest BCUT2D eigenvalue weighted by Gasteiger charge is 2.73. The van der Waals surface area contributed by atoms with Gasteiger partial charge in [0.2, 0.25) is 0 Å². The van der Waals surface area contributed by atoms with Crippen LogP contribution in [0.15, 0.2) is 23.3 Å². The summed E-state index contributed by atoms with van der Waals surface area (Å²) in [4.78, 5) is 25.6. The molecule has 0 spiro atoms. The van der Waals surface area contributed by atoms with Crippen LogP contribution in [0.3, 0.4) is 0 Å². The maximum Gasteiger partial charge on any atom is 0.310 e. The fourth-order valence-electron chi connectivity index (χ4n) is 6.20.